The first kappa shape index (κ1) is 10.9. The fourth-order valence-electron chi connectivity index (χ4n) is 1.85. The number of fused-ring (bicyclic) bond motifs is 1. The predicted molar refractivity (Wildman–Crippen MR) is 73.6 cm³/mol. The number of rotatable bonds is 3. The summed E-state index contributed by atoms with van der Waals surface area (Å²) in [5, 5.41) is 10.4. The average Bonchev–Trinajstić information content (AvgIpc) is 2.87. The van der Waals surface area contributed by atoms with Crippen molar-refractivity contribution in [2.45, 2.75) is 20.4 Å². The molecule has 0 atom stereocenters. The average molecular weight is 263 g/mol. The number of thiophene rings is 2. The third-order valence-corrected chi connectivity index (χ3v) is 4.63. The normalized spacial score (nSPS) is 11.7. The molecule has 88 valence electrons. The van der Waals surface area contributed by atoms with E-state index in [0.29, 0.717) is 5.92 Å². The molecular weight excluding hydrogens is 250 g/mol. The van der Waals surface area contributed by atoms with Gasteiger partial charge in [0.25, 0.3) is 0 Å². The van der Waals surface area contributed by atoms with E-state index in [0.717, 1.165) is 12.4 Å². The zero-order chi connectivity index (χ0) is 11.8. The SMILES string of the molecule is CC(C)Cn1cnnc1-c1cc2sccc2s1. The Balaban J connectivity index is 2.03. The lowest BCUT2D eigenvalue weighted by Gasteiger charge is -2.07. The molecule has 0 saturated carbocycles. The van der Waals surface area contributed by atoms with Crippen LogP contribution in [0.5, 0.6) is 0 Å². The molecule has 0 aromatic carbocycles. The molecule has 3 aromatic rings. The highest BCUT2D eigenvalue weighted by Crippen LogP contribution is 2.35. The molecule has 0 aliphatic heterocycles. The molecule has 0 aliphatic rings. The van der Waals surface area contributed by atoms with Crippen molar-refractivity contribution in [2.24, 2.45) is 5.92 Å². The van der Waals surface area contributed by atoms with Crippen LogP contribution in [-0.2, 0) is 6.54 Å². The number of nitrogens with zero attached hydrogens (tertiary/aromatic N) is 3. The largest absolute Gasteiger partial charge is 0.313 e. The quantitative estimate of drug-likeness (QED) is 0.718. The Morgan fingerprint density at radius 2 is 2.24 bits per heavy atom. The number of hydrogen-bond donors (Lipinski definition) is 0. The molecule has 0 fully saturated rings. The molecule has 0 radical (unpaired) electrons. The minimum atomic E-state index is 0.603. The van der Waals surface area contributed by atoms with Crippen LogP contribution in [0, 0.1) is 5.92 Å². The molecule has 0 N–H and O–H groups in total. The van der Waals surface area contributed by atoms with Gasteiger partial charge in [0, 0.05) is 15.9 Å². The number of hydrogen-bond acceptors (Lipinski definition) is 4. The first-order valence-electron chi connectivity index (χ1n) is 5.59. The molecule has 3 nitrogen and oxygen atoms in total. The van der Waals surface area contributed by atoms with Gasteiger partial charge < -0.3 is 4.57 Å². The molecule has 0 spiro atoms. The highest BCUT2D eigenvalue weighted by Gasteiger charge is 2.12. The third-order valence-electron chi connectivity index (χ3n) is 2.54. The molecule has 3 rings (SSSR count). The molecule has 0 bridgehead atoms. The van der Waals surface area contributed by atoms with Crippen LogP contribution in [0.1, 0.15) is 13.8 Å². The zero-order valence-electron chi connectivity index (χ0n) is 9.75. The Kier molecular flexibility index (Phi) is 2.72. The summed E-state index contributed by atoms with van der Waals surface area (Å²) in [6, 6.07) is 4.38. The Morgan fingerprint density at radius 1 is 1.35 bits per heavy atom. The van der Waals surface area contributed by atoms with Crippen LogP contribution in [0.2, 0.25) is 0 Å². The summed E-state index contributed by atoms with van der Waals surface area (Å²) in [4.78, 5) is 1.21. The van der Waals surface area contributed by atoms with Crippen molar-refractivity contribution in [2.75, 3.05) is 0 Å². The second kappa shape index (κ2) is 4.23. The summed E-state index contributed by atoms with van der Waals surface area (Å²) in [7, 11) is 0. The van der Waals surface area contributed by atoms with Crippen LogP contribution in [0.25, 0.3) is 20.1 Å². The lowest BCUT2D eigenvalue weighted by Crippen LogP contribution is -2.04. The summed E-state index contributed by atoms with van der Waals surface area (Å²) < 4.78 is 4.81. The Morgan fingerprint density at radius 3 is 3.00 bits per heavy atom. The standard InChI is InChI=1S/C12H13N3S2/c1-8(2)6-15-7-13-14-12(15)11-5-10-9(17-11)3-4-16-10/h3-5,7-8H,6H2,1-2H3. The van der Waals surface area contributed by atoms with Gasteiger partial charge in [0.05, 0.1) is 4.88 Å². The van der Waals surface area contributed by atoms with Gasteiger partial charge >= 0.3 is 0 Å². The maximum atomic E-state index is 4.24. The van der Waals surface area contributed by atoms with Gasteiger partial charge in [-0.15, -0.1) is 32.9 Å². The van der Waals surface area contributed by atoms with E-state index in [2.05, 4.69) is 46.1 Å². The van der Waals surface area contributed by atoms with Crippen LogP contribution < -0.4 is 0 Å². The molecule has 0 unspecified atom stereocenters. The van der Waals surface area contributed by atoms with E-state index in [1.165, 1.54) is 14.3 Å². The van der Waals surface area contributed by atoms with E-state index >= 15 is 0 Å². The van der Waals surface area contributed by atoms with Crippen molar-refractivity contribution < 1.29 is 0 Å². The third kappa shape index (κ3) is 2.00. The van der Waals surface area contributed by atoms with Gasteiger partial charge in [-0.1, -0.05) is 13.8 Å². The minimum Gasteiger partial charge on any atom is -0.313 e. The zero-order valence-corrected chi connectivity index (χ0v) is 11.4. The lowest BCUT2D eigenvalue weighted by molar-refractivity contribution is 0.525. The maximum absolute atomic E-state index is 4.24. The predicted octanol–water partition coefficient (Wildman–Crippen LogP) is 3.88. The van der Waals surface area contributed by atoms with Gasteiger partial charge in [-0.3, -0.25) is 0 Å². The van der Waals surface area contributed by atoms with Crippen molar-refractivity contribution in [3.63, 3.8) is 0 Å². The van der Waals surface area contributed by atoms with E-state index in [9.17, 15) is 0 Å². The lowest BCUT2D eigenvalue weighted by atomic mass is 10.2. The summed E-state index contributed by atoms with van der Waals surface area (Å²) in [5.41, 5.74) is 0. The smallest absolute Gasteiger partial charge is 0.173 e. The van der Waals surface area contributed by atoms with Crippen LogP contribution in [-0.4, -0.2) is 14.8 Å². The van der Waals surface area contributed by atoms with Gasteiger partial charge in [-0.2, -0.15) is 0 Å². The highest BCUT2D eigenvalue weighted by molar-refractivity contribution is 7.28. The monoisotopic (exact) mass is 263 g/mol. The van der Waals surface area contributed by atoms with Gasteiger partial charge in [-0.05, 0) is 23.4 Å². The topological polar surface area (TPSA) is 30.7 Å². The highest BCUT2D eigenvalue weighted by atomic mass is 32.1. The summed E-state index contributed by atoms with van der Waals surface area (Å²) in [5.74, 6) is 1.60. The Hall–Kier alpha value is -1.20. The van der Waals surface area contributed by atoms with Crippen molar-refractivity contribution in [3.8, 4) is 10.7 Å². The van der Waals surface area contributed by atoms with Gasteiger partial charge in [0.2, 0.25) is 0 Å². The molecule has 5 heteroatoms. The molecule has 0 aliphatic carbocycles. The van der Waals surface area contributed by atoms with Crippen LogP contribution in [0.15, 0.2) is 23.8 Å². The van der Waals surface area contributed by atoms with Gasteiger partial charge in [0.15, 0.2) is 5.82 Å². The fourth-order valence-corrected chi connectivity index (χ4v) is 3.96. The molecule has 0 amide bonds. The van der Waals surface area contributed by atoms with Crippen molar-refractivity contribution >= 4 is 32.1 Å². The molecule has 3 aromatic heterocycles. The molecular formula is C12H13N3S2. The van der Waals surface area contributed by atoms with E-state index in [-0.39, 0.29) is 0 Å². The van der Waals surface area contributed by atoms with Gasteiger partial charge in [0.1, 0.15) is 6.33 Å². The second-order valence-corrected chi connectivity index (χ2v) is 6.49. The van der Waals surface area contributed by atoms with Crippen molar-refractivity contribution in [3.05, 3.63) is 23.8 Å². The second-order valence-electron chi connectivity index (χ2n) is 4.46. The van der Waals surface area contributed by atoms with Crippen molar-refractivity contribution in [1.29, 1.82) is 0 Å². The van der Waals surface area contributed by atoms with Crippen molar-refractivity contribution in [1.82, 2.24) is 14.8 Å². The van der Waals surface area contributed by atoms with Crippen LogP contribution in [0.3, 0.4) is 0 Å². The maximum Gasteiger partial charge on any atom is 0.173 e. The Bertz CT molecular complexity index is 604. The van der Waals surface area contributed by atoms with Crippen LogP contribution in [0.4, 0.5) is 0 Å². The van der Waals surface area contributed by atoms with E-state index in [4.69, 9.17) is 0 Å². The van der Waals surface area contributed by atoms with Crippen LogP contribution >= 0.6 is 22.7 Å². The van der Waals surface area contributed by atoms with E-state index in [1.54, 1.807) is 22.7 Å². The minimum absolute atomic E-state index is 0.603. The van der Waals surface area contributed by atoms with Gasteiger partial charge in [-0.25, -0.2) is 0 Å². The molecule has 0 saturated heterocycles. The first-order chi connectivity index (χ1) is 8.24. The van der Waals surface area contributed by atoms with E-state index in [1.807, 2.05) is 6.33 Å². The molecule has 17 heavy (non-hydrogen) atoms. The van der Waals surface area contributed by atoms with E-state index < -0.39 is 0 Å². The Labute approximate surface area is 108 Å². The summed E-state index contributed by atoms with van der Waals surface area (Å²) in [6.45, 7) is 5.38. The summed E-state index contributed by atoms with van der Waals surface area (Å²) >= 11 is 3.57. The number of aromatic nitrogens is 3. The fraction of sp³-hybridized carbons (Fsp3) is 0.333. The summed E-state index contributed by atoms with van der Waals surface area (Å²) in [6.07, 6.45) is 1.82. The molecule has 3 heterocycles. The first-order valence-corrected chi connectivity index (χ1v) is 7.29.